The van der Waals surface area contributed by atoms with Crippen LogP contribution in [0.25, 0.3) is 0 Å². The molecule has 9 atom stereocenters. The monoisotopic (exact) mass is 1520 g/mol. The number of likely N-dealkylation sites (tertiary alicyclic amines) is 1. The Morgan fingerprint density at radius 1 is 0.551 bits per heavy atom. The maximum Gasteiger partial charge on any atom is 3.00 e. The van der Waals surface area contributed by atoms with Gasteiger partial charge in [0.05, 0.1) is 37.4 Å². The van der Waals surface area contributed by atoms with Crippen LogP contribution in [0.5, 0.6) is 5.75 Å². The van der Waals surface area contributed by atoms with Crippen LogP contribution >= 0.6 is 25.3 Å². The summed E-state index contributed by atoms with van der Waals surface area (Å²) in [5.41, 5.74) is 22.2. The second-order valence-corrected chi connectivity index (χ2v) is 24.3. The van der Waals surface area contributed by atoms with Gasteiger partial charge in [-0.25, -0.2) is 0 Å². The molecule has 0 aliphatic carbocycles. The van der Waals surface area contributed by atoms with Gasteiger partial charge in [-0.1, -0.05) is 32.4 Å². The van der Waals surface area contributed by atoms with Crippen molar-refractivity contribution in [2.75, 3.05) is 110 Å². The van der Waals surface area contributed by atoms with Crippen molar-refractivity contribution in [1.82, 2.24) is 67.0 Å². The Hall–Kier alpha value is -7.56. The number of nitrogens with zero attached hydrogens (tertiary/aromatic N) is 5. The minimum absolute atomic E-state index is 0. The number of nitrogens with one attached hydrogen (secondary N) is 8. The molecule has 0 aromatic heterocycles. The molecular weight excluding hydrogens is 1430 g/mol. The summed E-state index contributed by atoms with van der Waals surface area (Å²) in [6.07, 6.45) is -0.525. The molecule has 98 heavy (non-hydrogen) atoms. The molecule has 0 unspecified atom stereocenters. The minimum atomic E-state index is -1.86. The predicted octanol–water partition coefficient (Wildman–Crippen LogP) is -11.8. The summed E-state index contributed by atoms with van der Waals surface area (Å²) < 4.78 is 0. The molecule has 2 aliphatic heterocycles. The van der Waals surface area contributed by atoms with E-state index in [4.69, 9.17) is 22.9 Å². The first-order valence-corrected chi connectivity index (χ1v) is 32.9. The maximum atomic E-state index is 14.6. The number of unbranched alkanes of at least 4 members (excludes halogenated alkanes) is 1. The van der Waals surface area contributed by atoms with E-state index in [0.717, 1.165) is 4.90 Å². The Balaban J connectivity index is 0.0000327. The molecule has 1 aromatic carbocycles. The average molecular weight is 1520 g/mol. The number of carboxylic acid groups (broad SMARTS) is 3. The standard InChI is InChI=1S/C59H95N17O19S2.In/c1-3-34(2)51(58(94)67-38(13-14-44(61)78)53(89)69-40(26-45(62)79)54(90)70-42(33-97)59(95)76-16-6-8-43(76)57(93)66-37(7-4-5-15-60)52(88)64-27-46(63)80)71-55(91)39(25-35-9-11-36(77)12-10-35)68-56(92)41(32-96)65-47(81)28-72-17-19-73(29-48(82)83)21-23-75(31-50(86)87)24-22-74(20-18-72)30-49(84)85;/h9-12,34,37-43,51,77,96-97H,3-8,13-33,60H2,1-2H3,(H2,61,78)(H2,62,79)(H2,63,80)(H,64,88)(H,65,81)(H,66,93)(H,67,94)(H,68,92)(H,69,89)(H,70,90)(H,71,91)(H,82,83)(H,84,85)(H,86,87);/q;+3/p-3/t34-,37-,38-,39-,40-,41-,42-,43-,51-;/m0./s1/i;1-4. The first-order chi connectivity index (χ1) is 45.9. The molecule has 0 bridgehead atoms. The van der Waals surface area contributed by atoms with Crippen molar-refractivity contribution in [1.29, 1.82) is 0 Å². The Kier molecular flexibility index (Phi) is 39.9. The van der Waals surface area contributed by atoms with E-state index in [1.165, 1.54) is 39.0 Å². The van der Waals surface area contributed by atoms with E-state index in [9.17, 15) is 92.3 Å². The number of hydrogen-bond donors (Lipinski definition) is 15. The summed E-state index contributed by atoms with van der Waals surface area (Å²) in [7, 11) is 0. The fourth-order valence-electron chi connectivity index (χ4n) is 10.5. The maximum absolute atomic E-state index is 14.6. The molecule has 2 aliphatic rings. The van der Waals surface area contributed by atoms with E-state index in [2.05, 4.69) is 67.8 Å². The molecule has 2 saturated heterocycles. The first kappa shape index (κ1) is 86.5. The second kappa shape index (κ2) is 45.2. The number of thiol groups is 2. The van der Waals surface area contributed by atoms with Crippen molar-refractivity contribution in [2.24, 2.45) is 28.9 Å². The second-order valence-electron chi connectivity index (χ2n) is 23.6. The molecule has 0 spiro atoms. The van der Waals surface area contributed by atoms with Crippen LogP contribution in [0.1, 0.15) is 77.2 Å². The van der Waals surface area contributed by atoms with E-state index < -0.39 is 195 Å². The van der Waals surface area contributed by atoms with Crippen LogP contribution in [-0.4, -0.2) is 302 Å². The van der Waals surface area contributed by atoms with Crippen LogP contribution in [0.2, 0.25) is 0 Å². The number of amides is 12. The van der Waals surface area contributed by atoms with Gasteiger partial charge in [-0.15, -0.1) is 0 Å². The molecule has 1 aromatic rings. The average Bonchev–Trinajstić information content (AvgIpc) is 1.59. The molecule has 0 saturated carbocycles. The van der Waals surface area contributed by atoms with Crippen molar-refractivity contribution in [2.45, 2.75) is 126 Å². The number of hydrogen-bond acceptors (Lipinski definition) is 26. The van der Waals surface area contributed by atoms with Crippen LogP contribution in [0.15, 0.2) is 24.3 Å². The van der Waals surface area contributed by atoms with E-state index in [1.807, 2.05) is 0 Å². The zero-order chi connectivity index (χ0) is 72.5. The summed E-state index contributed by atoms with van der Waals surface area (Å²) >= 11 is 8.55. The number of rotatable bonds is 40. The largest absolute Gasteiger partial charge is 3.00 e. The van der Waals surface area contributed by atoms with Crippen molar-refractivity contribution in [3.05, 3.63) is 29.8 Å². The molecule has 3 rings (SSSR count). The van der Waals surface area contributed by atoms with Gasteiger partial charge < -0.3 is 105 Å². The quantitative estimate of drug-likeness (QED) is 0.0214. The topological polar surface area (TPSA) is 562 Å². The molecule has 542 valence electrons. The predicted molar refractivity (Wildman–Crippen MR) is 351 cm³/mol. The molecular formula is C59H92InN17O19S2. The van der Waals surface area contributed by atoms with Crippen molar-refractivity contribution in [3.8, 4) is 5.75 Å². The van der Waals surface area contributed by atoms with Gasteiger partial charge in [-0.2, -0.15) is 25.3 Å². The van der Waals surface area contributed by atoms with Crippen LogP contribution in [0, 0.1) is 5.92 Å². The number of carboxylic acids is 3. The molecule has 39 heteroatoms. The third-order valence-electron chi connectivity index (χ3n) is 16.0. The van der Waals surface area contributed by atoms with E-state index in [1.54, 1.807) is 18.7 Å². The number of benzene rings is 1. The fourth-order valence-corrected chi connectivity index (χ4v) is 11.0. The minimum Gasteiger partial charge on any atom is -0.549 e. The van der Waals surface area contributed by atoms with Gasteiger partial charge in [-0.05, 0) is 68.7 Å². The number of carbonyl (C=O) groups excluding carboxylic acids is 15. The number of phenolic OH excluding ortho intramolecular Hbond substituents is 1. The van der Waals surface area contributed by atoms with Crippen LogP contribution < -0.4 is 80.8 Å². The number of phenols is 1. The number of nitrogens with two attached hydrogens (primary N) is 4. The van der Waals surface area contributed by atoms with E-state index in [-0.39, 0.29) is 128 Å². The van der Waals surface area contributed by atoms with Crippen LogP contribution in [0.3, 0.4) is 0 Å². The summed E-state index contributed by atoms with van der Waals surface area (Å²) in [5.74, 6) is -17.1. The Labute approximate surface area is 596 Å². The Morgan fingerprint density at radius 3 is 1.50 bits per heavy atom. The number of primary amides is 3. The van der Waals surface area contributed by atoms with Gasteiger partial charge in [0.25, 0.3) is 0 Å². The summed E-state index contributed by atoms with van der Waals surface area (Å²) in [6, 6.07) is -6.41. The SMILES string of the molecule is CC[C@H](C)[C@H](NC(=O)[C@H](Cc1ccc(O)cc1)NC(=O)[C@H](CS)NC(=O)CN1CCN(CC(=O)[O-])CCN(CC(=O)[O-])CCN(CC(=O)[O-])CC1)C(=O)N[C@@H](CCC(N)=O)C(=O)N[C@@H](CC(N)=O)C(=O)N[C@@H](CS)C(=O)N1CCC[C@H]1C(=O)N[C@@H](CCCCN)C(=O)NCC(N)=O.[111In+3]. The number of aromatic hydroxyl groups is 1. The van der Waals surface area contributed by atoms with Crippen LogP contribution in [0.4, 0.5) is 0 Å². The molecule has 2 heterocycles. The summed E-state index contributed by atoms with van der Waals surface area (Å²) in [4.78, 5) is 204. The van der Waals surface area contributed by atoms with Crippen molar-refractivity contribution < 1.29 is 92.3 Å². The van der Waals surface area contributed by atoms with Gasteiger partial charge in [0.15, 0.2) is 0 Å². The van der Waals surface area contributed by atoms with Crippen LogP contribution in [-0.2, 0) is 78.3 Å². The van der Waals surface area contributed by atoms with Gasteiger partial charge in [0, 0.05) is 103 Å². The van der Waals surface area contributed by atoms with Gasteiger partial charge in [0.1, 0.15) is 54.1 Å². The Bertz CT molecular complexity index is 2880. The normalized spacial score (nSPS) is 17.4. The van der Waals surface area contributed by atoms with Crippen molar-refractivity contribution >= 4 is 140 Å². The van der Waals surface area contributed by atoms with E-state index >= 15 is 0 Å². The molecule has 0 radical (unpaired) electrons. The zero-order valence-electron chi connectivity index (χ0n) is 54.9. The first-order valence-electron chi connectivity index (χ1n) is 31.6. The molecule has 2 fully saturated rings. The molecule has 36 nitrogen and oxygen atoms in total. The van der Waals surface area contributed by atoms with Crippen molar-refractivity contribution in [3.63, 3.8) is 0 Å². The van der Waals surface area contributed by atoms with Gasteiger partial charge >= 0.3 is 25.8 Å². The van der Waals surface area contributed by atoms with Gasteiger partial charge in [0.2, 0.25) is 70.9 Å². The smallest absolute Gasteiger partial charge is 0.549 e. The number of carbonyl (C=O) groups is 15. The fraction of sp³-hybridized carbons (Fsp3) is 0.644. The summed E-state index contributed by atoms with van der Waals surface area (Å²) in [6.45, 7) is 1.22. The summed E-state index contributed by atoms with van der Waals surface area (Å²) in [5, 5.41) is 65.0. The third-order valence-corrected chi connectivity index (χ3v) is 16.7. The van der Waals surface area contributed by atoms with E-state index in [0.29, 0.717) is 31.4 Å². The third kappa shape index (κ3) is 32.0. The van der Waals surface area contributed by atoms with Gasteiger partial charge in [-0.3, -0.25) is 77.1 Å². The number of aliphatic carboxylic acids is 3. The molecule has 17 N–H and O–H groups in total. The molecule has 12 amide bonds. The Morgan fingerprint density at radius 2 is 1.02 bits per heavy atom. The zero-order valence-corrected chi connectivity index (χ0v) is 60.0.